The molecule has 0 aliphatic heterocycles. The third-order valence-electron chi connectivity index (χ3n) is 4.04. The van der Waals surface area contributed by atoms with Crippen LogP contribution in [0.4, 0.5) is 0 Å². The fourth-order valence-electron chi connectivity index (χ4n) is 2.69. The molecule has 3 aromatic heterocycles. The number of carbonyl (C=O) groups excluding carboxylic acids is 1. The van der Waals surface area contributed by atoms with Crippen LogP contribution in [0.15, 0.2) is 54.0 Å². The number of nitrogens with one attached hydrogen (secondary N) is 1. The van der Waals surface area contributed by atoms with Crippen LogP contribution in [0.5, 0.6) is 5.75 Å². The molecule has 7 nitrogen and oxygen atoms in total. The number of nitrogens with zero attached hydrogens (tertiary/aromatic N) is 4. The molecule has 0 saturated heterocycles. The summed E-state index contributed by atoms with van der Waals surface area (Å²) in [5.74, 6) is 1.36. The SMILES string of the molecule is COc1cccc(-c2nc(CC(=O)NCc3nnc4ccccn34)cs2)c1. The topological polar surface area (TPSA) is 81.4 Å². The summed E-state index contributed by atoms with van der Waals surface area (Å²) in [7, 11) is 1.63. The van der Waals surface area contributed by atoms with E-state index in [0.717, 1.165) is 27.7 Å². The highest BCUT2D eigenvalue weighted by Crippen LogP contribution is 2.26. The van der Waals surface area contributed by atoms with Crippen molar-refractivity contribution in [2.24, 2.45) is 0 Å². The lowest BCUT2D eigenvalue weighted by Crippen LogP contribution is -2.25. The molecule has 0 spiro atoms. The first-order valence-electron chi connectivity index (χ1n) is 8.37. The van der Waals surface area contributed by atoms with Crippen LogP contribution in [0.1, 0.15) is 11.5 Å². The van der Waals surface area contributed by atoms with Gasteiger partial charge in [0.1, 0.15) is 10.8 Å². The van der Waals surface area contributed by atoms with Gasteiger partial charge >= 0.3 is 0 Å². The molecule has 0 atom stereocenters. The second-order valence-corrected chi connectivity index (χ2v) is 6.73. The van der Waals surface area contributed by atoms with Crippen molar-refractivity contribution >= 4 is 22.9 Å². The standard InChI is InChI=1S/C19H17N5O2S/c1-26-15-6-4-5-13(9-15)19-21-14(12-27-19)10-18(25)20-11-17-23-22-16-7-2-3-8-24(16)17/h2-9,12H,10-11H2,1H3,(H,20,25). The van der Waals surface area contributed by atoms with Gasteiger partial charge in [-0.3, -0.25) is 9.20 Å². The Hall–Kier alpha value is -3.26. The Labute approximate surface area is 159 Å². The van der Waals surface area contributed by atoms with Gasteiger partial charge in [-0.1, -0.05) is 18.2 Å². The Morgan fingerprint density at radius 2 is 2.15 bits per heavy atom. The highest BCUT2D eigenvalue weighted by atomic mass is 32.1. The molecule has 0 radical (unpaired) electrons. The van der Waals surface area contributed by atoms with Crippen LogP contribution in [-0.4, -0.2) is 32.6 Å². The summed E-state index contributed by atoms with van der Waals surface area (Å²) in [6, 6.07) is 13.4. The fourth-order valence-corrected chi connectivity index (χ4v) is 3.51. The van der Waals surface area contributed by atoms with Gasteiger partial charge in [-0.05, 0) is 24.3 Å². The molecule has 8 heteroatoms. The van der Waals surface area contributed by atoms with E-state index in [9.17, 15) is 4.79 Å². The smallest absolute Gasteiger partial charge is 0.226 e. The molecule has 0 fully saturated rings. The summed E-state index contributed by atoms with van der Waals surface area (Å²) >= 11 is 1.51. The van der Waals surface area contributed by atoms with Crippen LogP contribution in [0, 0.1) is 0 Å². The van der Waals surface area contributed by atoms with Crippen LogP contribution in [0.25, 0.3) is 16.2 Å². The van der Waals surface area contributed by atoms with Crippen LogP contribution in [-0.2, 0) is 17.8 Å². The molecule has 1 aromatic carbocycles. The average Bonchev–Trinajstić information content (AvgIpc) is 3.33. The van der Waals surface area contributed by atoms with E-state index >= 15 is 0 Å². The van der Waals surface area contributed by atoms with Gasteiger partial charge in [-0.2, -0.15) is 0 Å². The van der Waals surface area contributed by atoms with E-state index in [1.54, 1.807) is 7.11 Å². The summed E-state index contributed by atoms with van der Waals surface area (Å²) in [5.41, 5.74) is 2.46. The molecule has 0 unspecified atom stereocenters. The maximum absolute atomic E-state index is 12.3. The van der Waals surface area contributed by atoms with E-state index in [2.05, 4.69) is 20.5 Å². The van der Waals surface area contributed by atoms with Crippen molar-refractivity contribution in [3.63, 3.8) is 0 Å². The summed E-state index contributed by atoms with van der Waals surface area (Å²) in [6.45, 7) is 0.316. The lowest BCUT2D eigenvalue weighted by atomic mass is 10.2. The highest BCUT2D eigenvalue weighted by molar-refractivity contribution is 7.13. The molecule has 136 valence electrons. The Morgan fingerprint density at radius 1 is 1.22 bits per heavy atom. The molecule has 3 heterocycles. The van der Waals surface area contributed by atoms with E-state index in [1.807, 2.05) is 58.4 Å². The number of thiazole rings is 1. The molecule has 27 heavy (non-hydrogen) atoms. The predicted molar refractivity (Wildman–Crippen MR) is 103 cm³/mol. The van der Waals surface area contributed by atoms with Crippen molar-refractivity contribution in [1.29, 1.82) is 0 Å². The van der Waals surface area contributed by atoms with Crippen molar-refractivity contribution in [3.05, 3.63) is 65.6 Å². The van der Waals surface area contributed by atoms with Gasteiger partial charge in [0.2, 0.25) is 5.91 Å². The predicted octanol–water partition coefficient (Wildman–Crippen LogP) is 2.72. The van der Waals surface area contributed by atoms with Crippen molar-refractivity contribution < 1.29 is 9.53 Å². The van der Waals surface area contributed by atoms with E-state index < -0.39 is 0 Å². The number of hydrogen-bond donors (Lipinski definition) is 1. The van der Waals surface area contributed by atoms with Crippen LogP contribution < -0.4 is 10.1 Å². The Balaban J connectivity index is 1.39. The monoisotopic (exact) mass is 379 g/mol. The average molecular weight is 379 g/mol. The van der Waals surface area contributed by atoms with Crippen molar-refractivity contribution in [2.45, 2.75) is 13.0 Å². The number of hydrogen-bond acceptors (Lipinski definition) is 6. The molecular formula is C19H17N5O2S. The number of amides is 1. The minimum absolute atomic E-state index is 0.106. The molecule has 0 bridgehead atoms. The molecule has 1 amide bonds. The second kappa shape index (κ2) is 7.55. The number of pyridine rings is 1. The third kappa shape index (κ3) is 3.80. The highest BCUT2D eigenvalue weighted by Gasteiger charge is 2.11. The molecular weight excluding hydrogens is 362 g/mol. The second-order valence-electron chi connectivity index (χ2n) is 5.87. The van der Waals surface area contributed by atoms with Gasteiger partial charge in [0.25, 0.3) is 0 Å². The van der Waals surface area contributed by atoms with E-state index in [4.69, 9.17) is 4.74 Å². The maximum Gasteiger partial charge on any atom is 0.226 e. The zero-order chi connectivity index (χ0) is 18.6. The van der Waals surface area contributed by atoms with E-state index in [-0.39, 0.29) is 12.3 Å². The quantitative estimate of drug-likeness (QED) is 0.557. The normalized spacial score (nSPS) is 10.9. The number of carbonyl (C=O) groups is 1. The lowest BCUT2D eigenvalue weighted by molar-refractivity contribution is -0.120. The molecule has 0 aliphatic rings. The fraction of sp³-hybridized carbons (Fsp3) is 0.158. The van der Waals surface area contributed by atoms with Crippen LogP contribution >= 0.6 is 11.3 Å². The summed E-state index contributed by atoms with van der Waals surface area (Å²) in [6.07, 6.45) is 2.09. The molecule has 1 N–H and O–H groups in total. The zero-order valence-electron chi connectivity index (χ0n) is 14.6. The van der Waals surface area contributed by atoms with E-state index in [0.29, 0.717) is 12.4 Å². The summed E-state index contributed by atoms with van der Waals surface area (Å²) in [5, 5.41) is 13.8. The van der Waals surface area contributed by atoms with Gasteiger partial charge in [-0.25, -0.2) is 4.98 Å². The molecule has 0 aliphatic carbocycles. The maximum atomic E-state index is 12.3. The van der Waals surface area contributed by atoms with Crippen molar-refractivity contribution in [1.82, 2.24) is 24.9 Å². The largest absolute Gasteiger partial charge is 0.497 e. The number of fused-ring (bicyclic) bond motifs is 1. The first-order valence-corrected chi connectivity index (χ1v) is 9.25. The molecule has 4 rings (SSSR count). The van der Waals surface area contributed by atoms with Crippen LogP contribution in [0.2, 0.25) is 0 Å². The van der Waals surface area contributed by atoms with Gasteiger partial charge in [-0.15, -0.1) is 21.5 Å². The zero-order valence-corrected chi connectivity index (χ0v) is 15.4. The third-order valence-corrected chi connectivity index (χ3v) is 4.98. The molecule has 4 aromatic rings. The Kier molecular flexibility index (Phi) is 4.80. The van der Waals surface area contributed by atoms with Gasteiger partial charge < -0.3 is 10.1 Å². The van der Waals surface area contributed by atoms with Gasteiger partial charge in [0.15, 0.2) is 11.5 Å². The number of benzene rings is 1. The lowest BCUT2D eigenvalue weighted by Gasteiger charge is -2.03. The first kappa shape index (κ1) is 17.2. The molecule has 0 saturated carbocycles. The van der Waals surface area contributed by atoms with Crippen molar-refractivity contribution in [3.8, 4) is 16.3 Å². The Bertz CT molecular complexity index is 1090. The minimum atomic E-state index is -0.106. The van der Waals surface area contributed by atoms with Gasteiger partial charge in [0.05, 0.1) is 25.8 Å². The van der Waals surface area contributed by atoms with E-state index in [1.165, 1.54) is 11.3 Å². The number of rotatable bonds is 6. The van der Waals surface area contributed by atoms with Crippen molar-refractivity contribution in [2.75, 3.05) is 7.11 Å². The number of aromatic nitrogens is 4. The Morgan fingerprint density at radius 3 is 3.04 bits per heavy atom. The minimum Gasteiger partial charge on any atom is -0.497 e. The first-order chi connectivity index (χ1) is 13.2. The van der Waals surface area contributed by atoms with Gasteiger partial charge in [0, 0.05) is 17.1 Å². The summed E-state index contributed by atoms with van der Waals surface area (Å²) in [4.78, 5) is 16.8. The van der Waals surface area contributed by atoms with Crippen LogP contribution in [0.3, 0.4) is 0 Å². The number of ether oxygens (including phenoxy) is 1. The number of methoxy groups -OCH3 is 1. The summed E-state index contributed by atoms with van der Waals surface area (Å²) < 4.78 is 7.10.